The number of hydrogen-bond acceptors (Lipinski definition) is 3. The molecule has 0 unspecified atom stereocenters. The molecular formula is C20H10N2O. The number of fused-ring (bicyclic) bond motifs is 4. The van der Waals surface area contributed by atoms with Crippen molar-refractivity contribution >= 4 is 43.3 Å². The molecule has 1 heterocycles. The summed E-state index contributed by atoms with van der Waals surface area (Å²) < 4.78 is 5.25. The van der Waals surface area contributed by atoms with E-state index in [1.807, 2.05) is 24.3 Å². The first kappa shape index (κ1) is 12.2. The fraction of sp³-hybridized carbons (Fsp3) is 0. The monoisotopic (exact) mass is 294 g/mol. The number of rotatable bonds is 0. The third-order valence-corrected chi connectivity index (χ3v) is 4.38. The largest absolute Gasteiger partial charge is 0.356 e. The summed E-state index contributed by atoms with van der Waals surface area (Å²) in [6.07, 6.45) is 1.73. The van der Waals surface area contributed by atoms with E-state index >= 15 is 0 Å². The Morgan fingerprint density at radius 2 is 1.48 bits per heavy atom. The van der Waals surface area contributed by atoms with Gasteiger partial charge in [0.25, 0.3) is 0 Å². The maximum atomic E-state index is 9.30. The SMILES string of the molecule is N#Cc1cccc2cc3cc4cc5cnoc5cc4cc3cc12. The van der Waals surface area contributed by atoms with Gasteiger partial charge in [-0.05, 0) is 69.4 Å². The van der Waals surface area contributed by atoms with Crippen LogP contribution in [-0.4, -0.2) is 5.16 Å². The predicted molar refractivity (Wildman–Crippen MR) is 91.2 cm³/mol. The van der Waals surface area contributed by atoms with Gasteiger partial charge in [-0.1, -0.05) is 17.3 Å². The lowest BCUT2D eigenvalue weighted by Gasteiger charge is -2.06. The van der Waals surface area contributed by atoms with Crippen LogP contribution in [-0.2, 0) is 0 Å². The second kappa shape index (κ2) is 4.31. The normalized spacial score (nSPS) is 11.4. The molecule has 5 aromatic rings. The average Bonchev–Trinajstić information content (AvgIpc) is 3.02. The summed E-state index contributed by atoms with van der Waals surface area (Å²) in [6.45, 7) is 0. The van der Waals surface area contributed by atoms with E-state index in [9.17, 15) is 5.26 Å². The molecule has 0 spiro atoms. The van der Waals surface area contributed by atoms with Gasteiger partial charge in [0.05, 0.1) is 17.8 Å². The summed E-state index contributed by atoms with van der Waals surface area (Å²) in [5, 5.41) is 20.8. The quantitative estimate of drug-likeness (QED) is 0.371. The van der Waals surface area contributed by atoms with Crippen LogP contribution in [0.4, 0.5) is 0 Å². The van der Waals surface area contributed by atoms with Crippen LogP contribution in [0.15, 0.2) is 65.3 Å². The minimum Gasteiger partial charge on any atom is -0.356 e. The molecule has 23 heavy (non-hydrogen) atoms. The third kappa shape index (κ3) is 1.72. The molecule has 0 bridgehead atoms. The van der Waals surface area contributed by atoms with E-state index < -0.39 is 0 Å². The van der Waals surface area contributed by atoms with Gasteiger partial charge in [-0.25, -0.2) is 0 Å². The van der Waals surface area contributed by atoms with Gasteiger partial charge in [0.15, 0.2) is 5.58 Å². The van der Waals surface area contributed by atoms with Crippen molar-refractivity contribution in [3.63, 3.8) is 0 Å². The maximum Gasteiger partial charge on any atom is 0.167 e. The smallest absolute Gasteiger partial charge is 0.167 e. The molecule has 0 aliphatic heterocycles. The second-order valence-electron chi connectivity index (χ2n) is 5.75. The molecule has 0 amide bonds. The van der Waals surface area contributed by atoms with Crippen molar-refractivity contribution in [3.8, 4) is 6.07 Å². The molecule has 0 aliphatic carbocycles. The lowest BCUT2D eigenvalue weighted by atomic mass is 9.97. The Hall–Kier alpha value is -3.38. The Morgan fingerprint density at radius 3 is 2.30 bits per heavy atom. The van der Waals surface area contributed by atoms with Crippen molar-refractivity contribution in [2.24, 2.45) is 0 Å². The van der Waals surface area contributed by atoms with E-state index in [1.54, 1.807) is 6.20 Å². The average molecular weight is 294 g/mol. The van der Waals surface area contributed by atoms with Crippen LogP contribution >= 0.6 is 0 Å². The first-order valence-electron chi connectivity index (χ1n) is 7.37. The van der Waals surface area contributed by atoms with Crippen LogP contribution in [0.3, 0.4) is 0 Å². The molecular weight excluding hydrogens is 284 g/mol. The van der Waals surface area contributed by atoms with Crippen LogP contribution < -0.4 is 0 Å². The zero-order chi connectivity index (χ0) is 15.4. The summed E-state index contributed by atoms with van der Waals surface area (Å²) in [7, 11) is 0. The van der Waals surface area contributed by atoms with Crippen LogP contribution in [0.25, 0.3) is 43.3 Å². The molecule has 1 aromatic heterocycles. The Labute approximate surface area is 131 Å². The van der Waals surface area contributed by atoms with Crippen LogP contribution in [0.1, 0.15) is 5.56 Å². The van der Waals surface area contributed by atoms with Crippen LogP contribution in [0.2, 0.25) is 0 Å². The summed E-state index contributed by atoms with van der Waals surface area (Å²) in [6, 6.07) is 20.7. The minimum atomic E-state index is 0.704. The van der Waals surface area contributed by atoms with Crippen molar-refractivity contribution < 1.29 is 4.52 Å². The summed E-state index contributed by atoms with van der Waals surface area (Å²) in [5.74, 6) is 0. The number of hydrogen-bond donors (Lipinski definition) is 0. The Bertz CT molecular complexity index is 1280. The fourth-order valence-electron chi connectivity index (χ4n) is 3.24. The van der Waals surface area contributed by atoms with Crippen molar-refractivity contribution in [3.05, 3.63) is 66.4 Å². The van der Waals surface area contributed by atoms with Gasteiger partial charge >= 0.3 is 0 Å². The van der Waals surface area contributed by atoms with Gasteiger partial charge in [-0.2, -0.15) is 5.26 Å². The van der Waals surface area contributed by atoms with Crippen LogP contribution in [0.5, 0.6) is 0 Å². The number of nitriles is 1. The van der Waals surface area contributed by atoms with E-state index in [1.165, 1.54) is 0 Å². The lowest BCUT2D eigenvalue weighted by Crippen LogP contribution is -1.82. The zero-order valence-electron chi connectivity index (χ0n) is 12.1. The molecule has 3 nitrogen and oxygen atoms in total. The maximum absolute atomic E-state index is 9.30. The minimum absolute atomic E-state index is 0.704. The van der Waals surface area contributed by atoms with Gasteiger partial charge < -0.3 is 4.52 Å². The molecule has 0 radical (unpaired) electrons. The summed E-state index contributed by atoms with van der Waals surface area (Å²) >= 11 is 0. The van der Waals surface area contributed by atoms with E-state index in [-0.39, 0.29) is 0 Å². The van der Waals surface area contributed by atoms with Gasteiger partial charge in [0.1, 0.15) is 0 Å². The van der Waals surface area contributed by atoms with Gasteiger partial charge in [-0.15, -0.1) is 0 Å². The van der Waals surface area contributed by atoms with Gasteiger partial charge in [-0.3, -0.25) is 0 Å². The van der Waals surface area contributed by atoms with Crippen molar-refractivity contribution in [1.29, 1.82) is 5.26 Å². The number of nitrogens with zero attached hydrogens (tertiary/aromatic N) is 2. The number of benzene rings is 4. The molecule has 0 saturated carbocycles. The molecule has 0 aliphatic rings. The van der Waals surface area contributed by atoms with E-state index in [0.29, 0.717) is 5.56 Å². The van der Waals surface area contributed by atoms with E-state index in [2.05, 4.69) is 41.6 Å². The van der Waals surface area contributed by atoms with Crippen molar-refractivity contribution in [2.45, 2.75) is 0 Å². The van der Waals surface area contributed by atoms with Crippen molar-refractivity contribution in [1.82, 2.24) is 5.16 Å². The highest BCUT2D eigenvalue weighted by atomic mass is 16.5. The van der Waals surface area contributed by atoms with Gasteiger partial charge in [0.2, 0.25) is 0 Å². The lowest BCUT2D eigenvalue weighted by molar-refractivity contribution is 0.456. The highest BCUT2D eigenvalue weighted by molar-refractivity contribution is 6.08. The van der Waals surface area contributed by atoms with Gasteiger partial charge in [0, 0.05) is 10.8 Å². The standard InChI is InChI=1S/C20H10N2O/c21-10-13-3-1-2-12-4-14-5-15-7-18-11-22-23-20(18)9-17(15)6-16(14)8-19(12)13/h1-9,11H. The molecule has 0 saturated heterocycles. The number of aromatic nitrogens is 1. The fourth-order valence-corrected chi connectivity index (χ4v) is 3.24. The van der Waals surface area contributed by atoms with E-state index in [0.717, 1.165) is 43.3 Å². The Morgan fingerprint density at radius 1 is 0.783 bits per heavy atom. The first-order chi connectivity index (χ1) is 11.3. The van der Waals surface area contributed by atoms with Crippen molar-refractivity contribution in [2.75, 3.05) is 0 Å². The summed E-state index contributed by atoms with van der Waals surface area (Å²) in [4.78, 5) is 0. The van der Waals surface area contributed by atoms with Crippen LogP contribution in [0, 0.1) is 11.3 Å². The molecule has 0 fully saturated rings. The molecule has 3 heteroatoms. The third-order valence-electron chi connectivity index (χ3n) is 4.38. The molecule has 0 N–H and O–H groups in total. The van der Waals surface area contributed by atoms with E-state index in [4.69, 9.17) is 4.52 Å². The zero-order valence-corrected chi connectivity index (χ0v) is 12.1. The second-order valence-corrected chi connectivity index (χ2v) is 5.75. The first-order valence-corrected chi connectivity index (χ1v) is 7.37. The molecule has 4 aromatic carbocycles. The Kier molecular flexibility index (Phi) is 2.29. The summed E-state index contributed by atoms with van der Waals surface area (Å²) in [5.41, 5.74) is 1.49. The topological polar surface area (TPSA) is 49.8 Å². The molecule has 106 valence electrons. The Balaban J connectivity index is 1.94. The highest BCUT2D eigenvalue weighted by Crippen LogP contribution is 2.30. The molecule has 5 rings (SSSR count). The highest BCUT2D eigenvalue weighted by Gasteiger charge is 2.06. The predicted octanol–water partition coefficient (Wildman–Crippen LogP) is 5.16. The molecule has 0 atom stereocenters.